The first-order chi connectivity index (χ1) is 15.7. The number of ketones is 1. The Morgan fingerprint density at radius 1 is 0.875 bits per heavy atom. The lowest BCUT2D eigenvalue weighted by atomic mass is 10.2. The van der Waals surface area contributed by atoms with Gasteiger partial charge < -0.3 is 14.8 Å². The molecule has 1 amide bonds. The maximum absolute atomic E-state index is 12.4. The summed E-state index contributed by atoms with van der Waals surface area (Å²) in [5.41, 5.74) is 1.52. The molecule has 3 rings (SSSR count). The molecule has 0 bridgehead atoms. The van der Waals surface area contributed by atoms with Crippen molar-refractivity contribution in [2.24, 2.45) is 0 Å². The first kappa shape index (κ1) is 23.3. The lowest BCUT2D eigenvalue weighted by Crippen LogP contribution is -2.23. The molecule has 6 nitrogen and oxygen atoms in total. The van der Waals surface area contributed by atoms with Gasteiger partial charge in [-0.05, 0) is 49.6 Å². The summed E-state index contributed by atoms with van der Waals surface area (Å²) in [5.74, 6) is 0.452. The van der Waals surface area contributed by atoms with Crippen LogP contribution in [-0.4, -0.2) is 29.2 Å². The van der Waals surface area contributed by atoms with Crippen molar-refractivity contribution in [3.8, 4) is 11.5 Å². The minimum absolute atomic E-state index is 0.223. The Kier molecular flexibility index (Phi) is 9.07. The molecule has 3 aromatic rings. The number of alkyl halides is 1. The molecule has 0 radical (unpaired) electrons. The Labute approximate surface area is 192 Å². The molecule has 0 aliphatic carbocycles. The van der Waals surface area contributed by atoms with Crippen LogP contribution in [0.2, 0.25) is 0 Å². The van der Waals surface area contributed by atoms with Gasteiger partial charge >= 0.3 is 0 Å². The van der Waals surface area contributed by atoms with E-state index in [-0.39, 0.29) is 12.2 Å². The van der Waals surface area contributed by atoms with E-state index in [0.29, 0.717) is 23.9 Å². The van der Waals surface area contributed by atoms with Crippen molar-refractivity contribution in [2.45, 2.75) is 25.9 Å². The predicted octanol–water partition coefficient (Wildman–Crippen LogP) is 5.27. The summed E-state index contributed by atoms with van der Waals surface area (Å²) in [7, 11) is 0. The van der Waals surface area contributed by atoms with E-state index in [4.69, 9.17) is 21.1 Å². The second kappa shape index (κ2) is 12.5. The Morgan fingerprint density at radius 2 is 1.66 bits per heavy atom. The zero-order valence-corrected chi connectivity index (χ0v) is 18.4. The third-order valence-electron chi connectivity index (χ3n) is 4.66. The van der Waals surface area contributed by atoms with E-state index in [1.165, 1.54) is 6.20 Å². The van der Waals surface area contributed by atoms with Crippen molar-refractivity contribution in [3.05, 3.63) is 84.2 Å². The average Bonchev–Trinajstić information content (AvgIpc) is 2.84. The number of anilines is 1. The number of ether oxygens (including phenoxy) is 2. The standard InChI is InChI=1S/C25H25ClN2O4/c26-14-6-1-7-16-31-22-12-4-2-9-20(22)18-32-23-13-5-3-11-21(23)28-25(30)24(29)19-10-8-15-27-17-19/h2-5,8-13,15,17H,1,6-7,14,16,18H2,(H,28,30). The van der Waals surface area contributed by atoms with E-state index < -0.39 is 11.7 Å². The number of pyridine rings is 1. The predicted molar refractivity (Wildman–Crippen MR) is 124 cm³/mol. The van der Waals surface area contributed by atoms with Crippen LogP contribution in [0.3, 0.4) is 0 Å². The second-order valence-electron chi connectivity index (χ2n) is 7.02. The quantitative estimate of drug-likeness (QED) is 0.175. The van der Waals surface area contributed by atoms with E-state index in [2.05, 4.69) is 10.3 Å². The molecule has 0 aliphatic rings. The van der Waals surface area contributed by atoms with Gasteiger partial charge in [0.1, 0.15) is 18.1 Å². The lowest BCUT2D eigenvalue weighted by Gasteiger charge is -2.15. The second-order valence-corrected chi connectivity index (χ2v) is 7.39. The minimum atomic E-state index is -0.755. The fourth-order valence-corrected chi connectivity index (χ4v) is 3.17. The van der Waals surface area contributed by atoms with Gasteiger partial charge in [0.2, 0.25) is 0 Å². The number of hydrogen-bond acceptors (Lipinski definition) is 5. The Bertz CT molecular complexity index is 1030. The number of carbonyl (C=O) groups excluding carboxylic acids is 2. The van der Waals surface area contributed by atoms with Crippen LogP contribution in [0.4, 0.5) is 5.69 Å². The molecule has 32 heavy (non-hydrogen) atoms. The van der Waals surface area contributed by atoms with E-state index in [1.807, 2.05) is 24.3 Å². The average molecular weight is 453 g/mol. The molecule has 0 aliphatic heterocycles. The molecule has 7 heteroatoms. The third-order valence-corrected chi connectivity index (χ3v) is 4.92. The normalized spacial score (nSPS) is 10.4. The van der Waals surface area contributed by atoms with Gasteiger partial charge in [-0.3, -0.25) is 14.6 Å². The zero-order valence-electron chi connectivity index (χ0n) is 17.6. The zero-order chi connectivity index (χ0) is 22.6. The number of halogens is 1. The highest BCUT2D eigenvalue weighted by Crippen LogP contribution is 2.27. The van der Waals surface area contributed by atoms with Crippen molar-refractivity contribution >= 4 is 29.0 Å². The number of para-hydroxylation sites is 3. The molecule has 1 N–H and O–H groups in total. The number of nitrogens with one attached hydrogen (secondary N) is 1. The van der Waals surface area contributed by atoms with Crippen molar-refractivity contribution < 1.29 is 19.1 Å². The summed E-state index contributed by atoms with van der Waals surface area (Å²) in [4.78, 5) is 28.6. The molecule has 0 unspecified atom stereocenters. The number of rotatable bonds is 12. The summed E-state index contributed by atoms with van der Waals surface area (Å²) >= 11 is 5.71. The number of aromatic nitrogens is 1. The van der Waals surface area contributed by atoms with Crippen LogP contribution in [-0.2, 0) is 11.4 Å². The van der Waals surface area contributed by atoms with E-state index >= 15 is 0 Å². The number of benzene rings is 2. The highest BCUT2D eigenvalue weighted by molar-refractivity contribution is 6.46. The van der Waals surface area contributed by atoms with Gasteiger partial charge in [0.25, 0.3) is 11.7 Å². The maximum Gasteiger partial charge on any atom is 0.296 e. The number of nitrogens with zero attached hydrogens (tertiary/aromatic N) is 1. The Balaban J connectivity index is 1.62. The van der Waals surface area contributed by atoms with E-state index in [0.717, 1.165) is 30.6 Å². The number of unbranched alkanes of at least 4 members (excludes halogenated alkanes) is 2. The van der Waals surface area contributed by atoms with Gasteiger partial charge in [0, 0.05) is 29.4 Å². The topological polar surface area (TPSA) is 77.5 Å². The third kappa shape index (κ3) is 6.82. The van der Waals surface area contributed by atoms with Crippen LogP contribution < -0.4 is 14.8 Å². The smallest absolute Gasteiger partial charge is 0.296 e. The molecule has 0 spiro atoms. The molecular formula is C25H25ClN2O4. The Hall–Kier alpha value is -3.38. The van der Waals surface area contributed by atoms with Crippen LogP contribution in [0.15, 0.2) is 73.1 Å². The summed E-state index contributed by atoms with van der Waals surface area (Å²) in [6.45, 7) is 0.859. The highest BCUT2D eigenvalue weighted by atomic mass is 35.5. The van der Waals surface area contributed by atoms with Gasteiger partial charge in [-0.25, -0.2) is 0 Å². The largest absolute Gasteiger partial charge is 0.493 e. The maximum atomic E-state index is 12.4. The van der Waals surface area contributed by atoms with Gasteiger partial charge in [0.15, 0.2) is 0 Å². The van der Waals surface area contributed by atoms with Gasteiger partial charge in [-0.15, -0.1) is 11.6 Å². The fourth-order valence-electron chi connectivity index (χ4n) is 2.98. The number of carbonyl (C=O) groups is 2. The molecule has 0 atom stereocenters. The number of Topliss-reactive ketones (excluding diaryl/α,β-unsaturated/α-hetero) is 1. The van der Waals surface area contributed by atoms with Gasteiger partial charge in [0.05, 0.1) is 12.3 Å². The fraction of sp³-hybridized carbons (Fsp3) is 0.240. The molecule has 166 valence electrons. The summed E-state index contributed by atoms with van der Waals surface area (Å²) in [6, 6.07) is 17.8. The van der Waals surface area contributed by atoms with E-state index in [9.17, 15) is 9.59 Å². The van der Waals surface area contributed by atoms with Crippen molar-refractivity contribution in [1.82, 2.24) is 4.98 Å². The number of hydrogen-bond donors (Lipinski definition) is 1. The van der Waals surface area contributed by atoms with Gasteiger partial charge in [-0.1, -0.05) is 30.3 Å². The Morgan fingerprint density at radius 3 is 2.44 bits per heavy atom. The minimum Gasteiger partial charge on any atom is -0.493 e. The number of amides is 1. The van der Waals surface area contributed by atoms with Crippen LogP contribution >= 0.6 is 11.6 Å². The van der Waals surface area contributed by atoms with Crippen LogP contribution in [0, 0.1) is 0 Å². The molecule has 1 aromatic heterocycles. The first-order valence-electron chi connectivity index (χ1n) is 10.4. The monoisotopic (exact) mass is 452 g/mol. The molecule has 0 saturated carbocycles. The van der Waals surface area contributed by atoms with Crippen molar-refractivity contribution in [1.29, 1.82) is 0 Å². The van der Waals surface area contributed by atoms with Crippen LogP contribution in [0.5, 0.6) is 11.5 Å². The summed E-state index contributed by atoms with van der Waals surface area (Å²) in [5, 5.41) is 2.63. The lowest BCUT2D eigenvalue weighted by molar-refractivity contribution is -0.112. The summed E-state index contributed by atoms with van der Waals surface area (Å²) < 4.78 is 11.9. The molecular weight excluding hydrogens is 428 g/mol. The first-order valence-corrected chi connectivity index (χ1v) is 11.0. The van der Waals surface area contributed by atoms with Crippen molar-refractivity contribution in [3.63, 3.8) is 0 Å². The van der Waals surface area contributed by atoms with E-state index in [1.54, 1.807) is 42.6 Å². The van der Waals surface area contributed by atoms with Crippen LogP contribution in [0.25, 0.3) is 0 Å². The molecule has 0 fully saturated rings. The summed E-state index contributed by atoms with van der Waals surface area (Å²) in [6.07, 6.45) is 5.83. The SMILES string of the molecule is O=C(Nc1ccccc1OCc1ccccc1OCCCCCCl)C(=O)c1cccnc1. The molecule has 0 saturated heterocycles. The highest BCUT2D eigenvalue weighted by Gasteiger charge is 2.18. The van der Waals surface area contributed by atoms with Gasteiger partial charge in [-0.2, -0.15) is 0 Å². The molecule has 1 heterocycles. The van der Waals surface area contributed by atoms with Crippen molar-refractivity contribution in [2.75, 3.05) is 17.8 Å². The molecule has 2 aromatic carbocycles. The van der Waals surface area contributed by atoms with Crippen LogP contribution in [0.1, 0.15) is 35.2 Å².